The van der Waals surface area contributed by atoms with Crippen LogP contribution < -0.4 is 0 Å². The van der Waals surface area contributed by atoms with Gasteiger partial charge in [-0.25, -0.2) is 4.58 Å². The molecule has 0 unspecified atom stereocenters. The van der Waals surface area contributed by atoms with Gasteiger partial charge in [-0.15, -0.1) is 0 Å². The maximum Gasteiger partial charge on any atom is 0.272 e. The summed E-state index contributed by atoms with van der Waals surface area (Å²) >= 11 is 3.65. The van der Waals surface area contributed by atoms with E-state index in [1.54, 1.807) is 18.2 Å². The minimum absolute atomic E-state index is 0.184. The molecule has 6 heteroatoms. The SMILES string of the molecule is O=[N+]([O-])c1cccc(C2SC(=[N+]3CCCC3)S2)c1. The molecule has 94 valence electrons. The zero-order valence-electron chi connectivity index (χ0n) is 9.74. The smallest absolute Gasteiger partial charge is 0.258 e. The fraction of sp³-hybridized carbons (Fsp3) is 0.417. The van der Waals surface area contributed by atoms with E-state index in [4.69, 9.17) is 0 Å². The summed E-state index contributed by atoms with van der Waals surface area (Å²) in [6.45, 7) is 2.33. The van der Waals surface area contributed by atoms with Gasteiger partial charge in [-0.1, -0.05) is 12.1 Å². The van der Waals surface area contributed by atoms with Crippen molar-refractivity contribution in [3.8, 4) is 0 Å². The van der Waals surface area contributed by atoms with Crippen molar-refractivity contribution in [1.29, 1.82) is 0 Å². The molecule has 1 aromatic rings. The van der Waals surface area contributed by atoms with Crippen LogP contribution in [0.3, 0.4) is 0 Å². The second-order valence-corrected chi connectivity index (χ2v) is 7.12. The van der Waals surface area contributed by atoms with Crippen LogP contribution in [0, 0.1) is 10.1 Å². The standard InChI is InChI=1S/C12H13N2O2S2/c15-14(16)10-5-3-4-9(8-10)11-17-12(18-11)13-6-1-2-7-13/h3-5,8,11H,1-2,6-7H2/q+1. The van der Waals surface area contributed by atoms with Crippen LogP contribution in [0.15, 0.2) is 24.3 Å². The topological polar surface area (TPSA) is 46.1 Å². The predicted octanol–water partition coefficient (Wildman–Crippen LogP) is 3.24. The van der Waals surface area contributed by atoms with E-state index < -0.39 is 0 Å². The number of rotatable bonds is 2. The lowest BCUT2D eigenvalue weighted by Crippen LogP contribution is -2.20. The Morgan fingerprint density at radius 2 is 2.00 bits per heavy atom. The van der Waals surface area contributed by atoms with Crippen molar-refractivity contribution in [2.45, 2.75) is 17.4 Å². The maximum atomic E-state index is 10.7. The van der Waals surface area contributed by atoms with E-state index in [9.17, 15) is 10.1 Å². The zero-order chi connectivity index (χ0) is 12.5. The second-order valence-electron chi connectivity index (χ2n) is 4.38. The van der Waals surface area contributed by atoms with Crippen molar-refractivity contribution in [2.24, 2.45) is 0 Å². The summed E-state index contributed by atoms with van der Waals surface area (Å²) in [6.07, 6.45) is 2.57. The van der Waals surface area contributed by atoms with E-state index in [0.717, 1.165) is 18.7 Å². The Labute approximate surface area is 114 Å². The Morgan fingerprint density at radius 1 is 1.28 bits per heavy atom. The summed E-state index contributed by atoms with van der Waals surface area (Å²) in [7, 11) is 0. The predicted molar refractivity (Wildman–Crippen MR) is 75.3 cm³/mol. The van der Waals surface area contributed by atoms with E-state index in [2.05, 4.69) is 4.58 Å². The van der Waals surface area contributed by atoms with Gasteiger partial charge in [-0.2, -0.15) is 0 Å². The van der Waals surface area contributed by atoms with Crippen LogP contribution in [0.1, 0.15) is 23.0 Å². The van der Waals surface area contributed by atoms with Gasteiger partial charge >= 0.3 is 0 Å². The molecule has 0 amide bonds. The molecular weight excluding hydrogens is 268 g/mol. The first-order valence-corrected chi connectivity index (χ1v) is 7.69. The normalized spacial score (nSPS) is 23.0. The molecule has 2 aliphatic heterocycles. The third-order valence-corrected chi connectivity index (χ3v) is 6.18. The van der Waals surface area contributed by atoms with Crippen LogP contribution in [-0.2, 0) is 0 Å². The molecule has 0 N–H and O–H groups in total. The average molecular weight is 281 g/mol. The molecule has 0 atom stereocenters. The monoisotopic (exact) mass is 281 g/mol. The molecule has 0 aromatic heterocycles. The van der Waals surface area contributed by atoms with E-state index >= 15 is 0 Å². The molecule has 2 aliphatic rings. The molecule has 0 radical (unpaired) electrons. The van der Waals surface area contributed by atoms with Gasteiger partial charge < -0.3 is 0 Å². The van der Waals surface area contributed by atoms with Crippen molar-refractivity contribution < 1.29 is 9.50 Å². The molecule has 0 bridgehead atoms. The number of nitrogens with zero attached hydrogens (tertiary/aromatic N) is 2. The van der Waals surface area contributed by atoms with Gasteiger partial charge in [-0.05, 0) is 29.1 Å². The first kappa shape index (κ1) is 12.0. The van der Waals surface area contributed by atoms with Gasteiger partial charge in [0.15, 0.2) is 0 Å². The third kappa shape index (κ3) is 2.27. The average Bonchev–Trinajstić information content (AvgIpc) is 2.81. The van der Waals surface area contributed by atoms with Crippen molar-refractivity contribution in [3.63, 3.8) is 0 Å². The Morgan fingerprint density at radius 3 is 2.67 bits per heavy atom. The largest absolute Gasteiger partial charge is 0.272 e. The highest BCUT2D eigenvalue weighted by Crippen LogP contribution is 2.54. The lowest BCUT2D eigenvalue weighted by Gasteiger charge is -2.23. The van der Waals surface area contributed by atoms with Crippen LogP contribution >= 0.6 is 23.5 Å². The second kappa shape index (κ2) is 4.93. The number of hydrogen-bond acceptors (Lipinski definition) is 4. The quantitative estimate of drug-likeness (QED) is 0.474. The van der Waals surface area contributed by atoms with Crippen molar-refractivity contribution in [1.82, 2.24) is 0 Å². The fourth-order valence-corrected chi connectivity index (χ4v) is 4.61. The highest BCUT2D eigenvalue weighted by Gasteiger charge is 2.37. The Bertz CT molecular complexity index is 515. The molecule has 2 saturated heterocycles. The van der Waals surface area contributed by atoms with Crippen LogP contribution in [0.4, 0.5) is 5.69 Å². The maximum absolute atomic E-state index is 10.7. The number of nitro groups is 1. The fourth-order valence-electron chi connectivity index (χ4n) is 2.16. The molecule has 0 aliphatic carbocycles. The molecule has 3 rings (SSSR count). The number of benzene rings is 1. The molecule has 18 heavy (non-hydrogen) atoms. The molecule has 2 fully saturated rings. The number of nitro benzene ring substituents is 1. The summed E-state index contributed by atoms with van der Waals surface area (Å²) < 4.78 is 4.12. The van der Waals surface area contributed by atoms with Gasteiger partial charge in [-0.3, -0.25) is 10.1 Å². The Hall–Kier alpha value is -1.01. The summed E-state index contributed by atoms with van der Waals surface area (Å²) in [6, 6.07) is 6.97. The van der Waals surface area contributed by atoms with E-state index in [-0.39, 0.29) is 10.6 Å². The van der Waals surface area contributed by atoms with E-state index in [1.165, 1.54) is 17.2 Å². The first-order valence-electron chi connectivity index (χ1n) is 5.93. The molecule has 4 nitrogen and oxygen atoms in total. The number of non-ortho nitro benzene ring substituents is 1. The minimum atomic E-state index is -0.331. The lowest BCUT2D eigenvalue weighted by molar-refractivity contribution is -0.500. The van der Waals surface area contributed by atoms with Gasteiger partial charge in [0.1, 0.15) is 13.1 Å². The van der Waals surface area contributed by atoms with Crippen molar-refractivity contribution >= 4 is 33.6 Å². The van der Waals surface area contributed by atoms with E-state index in [0.29, 0.717) is 4.58 Å². The third-order valence-electron chi connectivity index (χ3n) is 3.13. The summed E-state index contributed by atoms with van der Waals surface area (Å²) in [5.74, 6) is 0. The van der Waals surface area contributed by atoms with Gasteiger partial charge in [0, 0.05) is 25.0 Å². The highest BCUT2D eigenvalue weighted by atomic mass is 32.3. The van der Waals surface area contributed by atoms with Crippen molar-refractivity contribution in [3.05, 3.63) is 39.9 Å². The van der Waals surface area contributed by atoms with Gasteiger partial charge in [0.25, 0.3) is 10.1 Å². The summed E-state index contributed by atoms with van der Waals surface area (Å²) in [5, 5.41) is 10.7. The molecular formula is C12H13N2O2S2+. The minimum Gasteiger partial charge on any atom is -0.258 e. The van der Waals surface area contributed by atoms with Gasteiger partial charge in [0.2, 0.25) is 0 Å². The van der Waals surface area contributed by atoms with Crippen LogP contribution in [0.5, 0.6) is 0 Å². The van der Waals surface area contributed by atoms with Crippen LogP contribution in [0.25, 0.3) is 0 Å². The lowest BCUT2D eigenvalue weighted by atomic mass is 10.2. The summed E-state index contributed by atoms with van der Waals surface area (Å²) in [4.78, 5) is 10.4. The summed E-state index contributed by atoms with van der Waals surface area (Å²) in [5.41, 5.74) is 1.23. The van der Waals surface area contributed by atoms with E-state index in [1.807, 2.05) is 29.6 Å². The Balaban J connectivity index is 1.73. The number of hydrogen-bond donors (Lipinski definition) is 0. The molecule has 0 saturated carbocycles. The molecule has 0 spiro atoms. The van der Waals surface area contributed by atoms with Crippen LogP contribution in [-0.4, -0.2) is 27.0 Å². The number of thioether (sulfide) groups is 2. The first-order chi connectivity index (χ1) is 8.74. The molecule has 1 aromatic carbocycles. The zero-order valence-corrected chi connectivity index (χ0v) is 11.4. The molecule has 2 heterocycles. The van der Waals surface area contributed by atoms with Crippen molar-refractivity contribution in [2.75, 3.05) is 13.1 Å². The van der Waals surface area contributed by atoms with Crippen LogP contribution in [0.2, 0.25) is 0 Å². The Kier molecular flexibility index (Phi) is 3.30. The van der Waals surface area contributed by atoms with Gasteiger partial charge in [0.05, 0.1) is 9.51 Å². The highest BCUT2D eigenvalue weighted by molar-refractivity contribution is 8.52.